The minimum atomic E-state index is -0.667. The number of carbonyl (C=O) groups is 2. The Morgan fingerprint density at radius 2 is 1.81 bits per heavy atom. The Labute approximate surface area is 181 Å². The van der Waals surface area contributed by atoms with Gasteiger partial charge in [-0.3, -0.25) is 19.9 Å². The van der Waals surface area contributed by atoms with E-state index in [2.05, 4.69) is 30.8 Å². The first-order valence-corrected chi connectivity index (χ1v) is 9.52. The predicted octanol–water partition coefficient (Wildman–Crippen LogP) is 3.29. The Morgan fingerprint density at radius 3 is 2.62 bits per heavy atom. The van der Waals surface area contributed by atoms with Gasteiger partial charge in [0.2, 0.25) is 5.95 Å². The van der Waals surface area contributed by atoms with Crippen LogP contribution in [0.1, 0.15) is 26.4 Å². The number of alkyl halides is 1. The molecule has 0 bridgehead atoms. The molecule has 2 aromatic carbocycles. The average Bonchev–Trinajstić information content (AvgIpc) is 2.83. The number of rotatable bonds is 6. The summed E-state index contributed by atoms with van der Waals surface area (Å²) < 4.78 is 18.6. The molecule has 2 aromatic heterocycles. The maximum Gasteiger partial charge on any atom is 0.269 e. The van der Waals surface area contributed by atoms with Crippen LogP contribution in [0.5, 0.6) is 11.5 Å². The molecule has 4 aromatic rings. The number of hydrogen-bond acceptors (Lipinski definition) is 7. The molecule has 0 fully saturated rings. The zero-order valence-electron chi connectivity index (χ0n) is 16.9. The van der Waals surface area contributed by atoms with Crippen molar-refractivity contribution in [3.63, 3.8) is 0 Å². The van der Waals surface area contributed by atoms with Gasteiger partial charge in [0.05, 0.1) is 5.52 Å². The van der Waals surface area contributed by atoms with Gasteiger partial charge >= 0.3 is 0 Å². The first-order chi connectivity index (χ1) is 15.6. The molecule has 2 amide bonds. The molecule has 0 aliphatic heterocycles. The van der Waals surface area contributed by atoms with Gasteiger partial charge < -0.3 is 10.1 Å². The summed E-state index contributed by atoms with van der Waals surface area (Å²) in [5, 5.41) is 13.0. The topological polar surface area (TPSA) is 119 Å². The van der Waals surface area contributed by atoms with Crippen LogP contribution < -0.4 is 15.4 Å². The lowest BCUT2D eigenvalue weighted by Gasteiger charge is -2.08. The molecule has 2 heterocycles. The normalized spacial score (nSPS) is 10.6. The highest BCUT2D eigenvalue weighted by atomic mass is 19.1. The van der Waals surface area contributed by atoms with Crippen LogP contribution in [-0.4, -0.2) is 39.0 Å². The van der Waals surface area contributed by atoms with E-state index in [1.807, 2.05) is 0 Å². The Morgan fingerprint density at radius 1 is 0.969 bits per heavy atom. The number of amides is 2. The number of hydrogen-bond donors (Lipinski definition) is 2. The Balaban J connectivity index is 1.55. The van der Waals surface area contributed by atoms with Crippen molar-refractivity contribution < 1.29 is 18.7 Å². The van der Waals surface area contributed by atoms with Gasteiger partial charge in [0, 0.05) is 30.9 Å². The average molecular weight is 432 g/mol. The minimum absolute atomic E-state index is 0.00360. The van der Waals surface area contributed by atoms with E-state index in [0.29, 0.717) is 28.1 Å². The summed E-state index contributed by atoms with van der Waals surface area (Å²) >= 11 is 0. The molecule has 2 N–H and O–H groups in total. The molecule has 0 aliphatic carbocycles. The molecule has 0 aliphatic rings. The van der Waals surface area contributed by atoms with E-state index in [-0.39, 0.29) is 23.1 Å². The third-order valence-corrected chi connectivity index (χ3v) is 4.42. The molecule has 0 unspecified atom stereocenters. The molecule has 0 atom stereocenters. The SMILES string of the molecule is CNC(=O)c1cc(Oc2ccc3nnc(NC(=O)c4cccc(CF)c4)nc3c2)ccn1. The summed E-state index contributed by atoms with van der Waals surface area (Å²) in [5.41, 5.74) is 1.83. The van der Waals surface area contributed by atoms with Crippen LogP contribution >= 0.6 is 0 Å². The molecular formula is C22H17FN6O3. The first kappa shape index (κ1) is 20.8. The first-order valence-electron chi connectivity index (χ1n) is 9.52. The lowest BCUT2D eigenvalue weighted by Crippen LogP contribution is -2.18. The van der Waals surface area contributed by atoms with Crippen molar-refractivity contribution >= 4 is 28.8 Å². The smallest absolute Gasteiger partial charge is 0.269 e. The van der Waals surface area contributed by atoms with E-state index in [1.165, 1.54) is 25.4 Å². The summed E-state index contributed by atoms with van der Waals surface area (Å²) in [7, 11) is 1.52. The van der Waals surface area contributed by atoms with Crippen molar-refractivity contribution in [2.24, 2.45) is 0 Å². The lowest BCUT2D eigenvalue weighted by atomic mass is 10.1. The van der Waals surface area contributed by atoms with Gasteiger partial charge in [0.1, 0.15) is 29.4 Å². The standard InChI is InChI=1S/C22H17FN6O3/c1-24-21(31)19-11-16(7-8-25-19)32-15-5-6-17-18(10-15)26-22(29-28-17)27-20(30)14-4-2-3-13(9-14)12-23/h2-11H,12H2,1H3,(H,24,31)(H,26,27,29,30). The number of aromatic nitrogens is 4. The van der Waals surface area contributed by atoms with Crippen molar-refractivity contribution in [1.29, 1.82) is 0 Å². The maximum absolute atomic E-state index is 12.8. The number of benzene rings is 2. The summed E-state index contributed by atoms with van der Waals surface area (Å²) in [6.07, 6.45) is 1.47. The van der Waals surface area contributed by atoms with Gasteiger partial charge in [-0.1, -0.05) is 12.1 Å². The van der Waals surface area contributed by atoms with E-state index in [4.69, 9.17) is 4.74 Å². The van der Waals surface area contributed by atoms with Crippen LogP contribution in [0, 0.1) is 0 Å². The third-order valence-electron chi connectivity index (χ3n) is 4.42. The fourth-order valence-electron chi connectivity index (χ4n) is 2.86. The fourth-order valence-corrected chi connectivity index (χ4v) is 2.86. The molecule has 10 heteroatoms. The second-order valence-electron chi connectivity index (χ2n) is 6.63. The van der Waals surface area contributed by atoms with E-state index in [1.54, 1.807) is 42.5 Å². The molecular weight excluding hydrogens is 415 g/mol. The summed E-state index contributed by atoms with van der Waals surface area (Å²) in [6.45, 7) is -0.667. The van der Waals surface area contributed by atoms with Crippen molar-refractivity contribution in [3.05, 3.63) is 77.6 Å². The van der Waals surface area contributed by atoms with Gasteiger partial charge in [-0.25, -0.2) is 9.37 Å². The fraction of sp³-hybridized carbons (Fsp3) is 0.0909. The van der Waals surface area contributed by atoms with Crippen LogP contribution in [0.3, 0.4) is 0 Å². The number of fused-ring (bicyclic) bond motifs is 1. The van der Waals surface area contributed by atoms with Crippen LogP contribution in [0.4, 0.5) is 10.3 Å². The number of pyridine rings is 1. The quantitative estimate of drug-likeness (QED) is 0.480. The Bertz CT molecular complexity index is 1310. The molecule has 0 saturated heterocycles. The lowest BCUT2D eigenvalue weighted by molar-refractivity contribution is 0.0957. The molecule has 0 radical (unpaired) electrons. The minimum Gasteiger partial charge on any atom is -0.457 e. The largest absolute Gasteiger partial charge is 0.457 e. The van der Waals surface area contributed by atoms with Crippen molar-refractivity contribution in [2.75, 3.05) is 12.4 Å². The second-order valence-corrected chi connectivity index (χ2v) is 6.63. The summed E-state index contributed by atoms with van der Waals surface area (Å²) in [6, 6.07) is 14.3. The summed E-state index contributed by atoms with van der Waals surface area (Å²) in [5.74, 6) is 0.0491. The molecule has 9 nitrogen and oxygen atoms in total. The highest BCUT2D eigenvalue weighted by Crippen LogP contribution is 2.24. The van der Waals surface area contributed by atoms with Gasteiger partial charge in [0.15, 0.2) is 0 Å². The van der Waals surface area contributed by atoms with Gasteiger partial charge in [-0.15, -0.1) is 10.2 Å². The van der Waals surface area contributed by atoms with Crippen molar-refractivity contribution in [2.45, 2.75) is 6.67 Å². The monoisotopic (exact) mass is 432 g/mol. The maximum atomic E-state index is 12.8. The van der Waals surface area contributed by atoms with Crippen molar-refractivity contribution in [3.8, 4) is 11.5 Å². The number of anilines is 1. The predicted molar refractivity (Wildman–Crippen MR) is 114 cm³/mol. The van der Waals surface area contributed by atoms with Gasteiger partial charge in [-0.05, 0) is 35.9 Å². The Kier molecular flexibility index (Phi) is 5.93. The Hall–Kier alpha value is -4.47. The number of ether oxygens (including phenoxy) is 1. The van der Waals surface area contributed by atoms with Crippen molar-refractivity contribution in [1.82, 2.24) is 25.5 Å². The van der Waals surface area contributed by atoms with E-state index in [0.717, 1.165) is 0 Å². The highest BCUT2D eigenvalue weighted by molar-refractivity contribution is 6.03. The molecule has 32 heavy (non-hydrogen) atoms. The van der Waals surface area contributed by atoms with E-state index < -0.39 is 12.6 Å². The van der Waals surface area contributed by atoms with E-state index in [9.17, 15) is 14.0 Å². The molecule has 4 rings (SSSR count). The highest BCUT2D eigenvalue weighted by Gasteiger charge is 2.11. The van der Waals surface area contributed by atoms with Gasteiger partial charge in [-0.2, -0.15) is 0 Å². The zero-order chi connectivity index (χ0) is 22.5. The molecule has 0 saturated carbocycles. The van der Waals surface area contributed by atoms with Crippen LogP contribution in [0.25, 0.3) is 11.0 Å². The zero-order valence-corrected chi connectivity index (χ0v) is 16.9. The number of nitrogens with zero attached hydrogens (tertiary/aromatic N) is 4. The molecule has 0 spiro atoms. The van der Waals surface area contributed by atoms with Crippen LogP contribution in [0.15, 0.2) is 60.8 Å². The van der Waals surface area contributed by atoms with Gasteiger partial charge in [0.25, 0.3) is 11.8 Å². The molecule has 160 valence electrons. The summed E-state index contributed by atoms with van der Waals surface area (Å²) in [4.78, 5) is 32.5. The van der Waals surface area contributed by atoms with E-state index >= 15 is 0 Å². The van der Waals surface area contributed by atoms with Crippen LogP contribution in [0.2, 0.25) is 0 Å². The second kappa shape index (κ2) is 9.13. The number of halogens is 1. The number of carbonyl (C=O) groups excluding carboxylic acids is 2. The third kappa shape index (κ3) is 4.64. The number of nitrogens with one attached hydrogen (secondary N) is 2. The van der Waals surface area contributed by atoms with Crippen LogP contribution in [-0.2, 0) is 6.67 Å².